The van der Waals surface area contributed by atoms with Gasteiger partial charge in [0.2, 0.25) is 0 Å². The molecule has 0 aliphatic carbocycles. The minimum absolute atomic E-state index is 0. The Morgan fingerprint density at radius 2 is 1.67 bits per heavy atom. The highest BCUT2D eigenvalue weighted by Gasteiger charge is 2.24. The number of carbonyl (C=O) groups excluding carboxylic acids is 1. The molecule has 0 aromatic heterocycles. The largest absolute Gasteiger partial charge is 0.350 e. The van der Waals surface area contributed by atoms with E-state index in [4.69, 9.17) is 11.6 Å². The van der Waals surface area contributed by atoms with Gasteiger partial charge in [-0.05, 0) is 56.1 Å². The molecule has 1 amide bonds. The average molecular weight is 407 g/mol. The molecule has 3 nitrogen and oxygen atoms in total. The van der Waals surface area contributed by atoms with Gasteiger partial charge in [0.15, 0.2) is 0 Å². The number of aryl methyl sites for hydroxylation is 1. The highest BCUT2D eigenvalue weighted by Crippen LogP contribution is 2.29. The summed E-state index contributed by atoms with van der Waals surface area (Å²) in [5.41, 5.74) is 2.83. The molecular weight excluding hydrogens is 379 g/mol. The van der Waals surface area contributed by atoms with E-state index in [9.17, 15) is 4.79 Å². The summed E-state index contributed by atoms with van der Waals surface area (Å²) in [5, 5.41) is 3.91. The summed E-state index contributed by atoms with van der Waals surface area (Å²) in [4.78, 5) is 15.2. The van der Waals surface area contributed by atoms with Gasteiger partial charge in [0, 0.05) is 17.1 Å². The van der Waals surface area contributed by atoms with Crippen molar-refractivity contribution in [1.29, 1.82) is 0 Å². The minimum atomic E-state index is -0.0185. The fourth-order valence-corrected chi connectivity index (χ4v) is 3.96. The van der Waals surface area contributed by atoms with Gasteiger partial charge in [0.1, 0.15) is 0 Å². The molecular formula is C22H28Cl2N2O. The van der Waals surface area contributed by atoms with Crippen molar-refractivity contribution in [2.24, 2.45) is 0 Å². The van der Waals surface area contributed by atoms with E-state index in [1.165, 1.54) is 25.7 Å². The summed E-state index contributed by atoms with van der Waals surface area (Å²) in [5.74, 6) is -0.0185. The van der Waals surface area contributed by atoms with Crippen LogP contribution in [0.4, 0.5) is 0 Å². The summed E-state index contributed by atoms with van der Waals surface area (Å²) in [6.45, 7) is 4.64. The number of hydrogen-bond donors (Lipinski definition) is 1. The number of hydrogen-bond acceptors (Lipinski definition) is 2. The van der Waals surface area contributed by atoms with Crippen molar-refractivity contribution in [2.75, 3.05) is 19.6 Å². The first-order chi connectivity index (χ1) is 12.7. The second-order valence-corrected chi connectivity index (χ2v) is 7.42. The highest BCUT2D eigenvalue weighted by atomic mass is 35.5. The molecule has 2 aromatic rings. The molecule has 3 rings (SSSR count). The first-order valence-electron chi connectivity index (χ1n) is 9.49. The van der Waals surface area contributed by atoms with Crippen LogP contribution in [0.2, 0.25) is 5.02 Å². The quantitative estimate of drug-likeness (QED) is 0.718. The van der Waals surface area contributed by atoms with Crippen LogP contribution in [0.5, 0.6) is 0 Å². The SMILES string of the molecule is Cc1ccccc1C(=O)NCC(c1ccccc1Cl)N1CCCCCC1.Cl. The van der Waals surface area contributed by atoms with E-state index in [1.54, 1.807) is 0 Å². The smallest absolute Gasteiger partial charge is 0.251 e. The van der Waals surface area contributed by atoms with Gasteiger partial charge in [-0.25, -0.2) is 0 Å². The van der Waals surface area contributed by atoms with Crippen LogP contribution in [0.15, 0.2) is 48.5 Å². The lowest BCUT2D eigenvalue weighted by atomic mass is 10.0. The molecule has 146 valence electrons. The number of likely N-dealkylation sites (tertiary alicyclic amines) is 1. The van der Waals surface area contributed by atoms with E-state index in [0.29, 0.717) is 6.54 Å². The van der Waals surface area contributed by atoms with Crippen LogP contribution in [0, 0.1) is 6.92 Å². The van der Waals surface area contributed by atoms with E-state index in [0.717, 1.165) is 34.8 Å². The molecule has 27 heavy (non-hydrogen) atoms. The van der Waals surface area contributed by atoms with Crippen molar-refractivity contribution in [1.82, 2.24) is 10.2 Å². The van der Waals surface area contributed by atoms with Gasteiger partial charge >= 0.3 is 0 Å². The fraction of sp³-hybridized carbons (Fsp3) is 0.409. The van der Waals surface area contributed by atoms with Crippen molar-refractivity contribution >= 4 is 29.9 Å². The Bertz CT molecular complexity index is 743. The summed E-state index contributed by atoms with van der Waals surface area (Å²) in [6, 6.07) is 15.8. The molecule has 1 N–H and O–H groups in total. The van der Waals surface area contributed by atoms with Crippen LogP contribution in [0.3, 0.4) is 0 Å². The van der Waals surface area contributed by atoms with Gasteiger partial charge in [0.25, 0.3) is 5.91 Å². The molecule has 1 unspecified atom stereocenters. The molecule has 5 heteroatoms. The van der Waals surface area contributed by atoms with Gasteiger partial charge in [0.05, 0.1) is 6.04 Å². The normalized spacial score (nSPS) is 16.1. The first-order valence-corrected chi connectivity index (χ1v) is 9.87. The Hall–Kier alpha value is -1.55. The van der Waals surface area contributed by atoms with Gasteiger partial charge in [-0.15, -0.1) is 12.4 Å². The maximum Gasteiger partial charge on any atom is 0.251 e. The Morgan fingerprint density at radius 3 is 2.33 bits per heavy atom. The van der Waals surface area contributed by atoms with Gasteiger partial charge in [-0.1, -0.05) is 60.8 Å². The summed E-state index contributed by atoms with van der Waals surface area (Å²) in [7, 11) is 0. The minimum Gasteiger partial charge on any atom is -0.350 e. The molecule has 1 saturated heterocycles. The van der Waals surface area contributed by atoms with Gasteiger partial charge < -0.3 is 5.32 Å². The van der Waals surface area contributed by atoms with Crippen LogP contribution < -0.4 is 5.32 Å². The lowest BCUT2D eigenvalue weighted by Gasteiger charge is -2.32. The van der Waals surface area contributed by atoms with Gasteiger partial charge in [-0.3, -0.25) is 9.69 Å². The van der Waals surface area contributed by atoms with Crippen molar-refractivity contribution < 1.29 is 4.79 Å². The van der Waals surface area contributed by atoms with E-state index in [-0.39, 0.29) is 24.4 Å². The third kappa shape index (κ3) is 5.71. The van der Waals surface area contributed by atoms with Crippen molar-refractivity contribution in [3.8, 4) is 0 Å². The zero-order chi connectivity index (χ0) is 18.4. The molecule has 0 radical (unpaired) electrons. The first kappa shape index (κ1) is 21.7. The topological polar surface area (TPSA) is 32.3 Å². The van der Waals surface area contributed by atoms with Gasteiger partial charge in [-0.2, -0.15) is 0 Å². The van der Waals surface area contributed by atoms with Crippen LogP contribution in [-0.2, 0) is 0 Å². The second-order valence-electron chi connectivity index (χ2n) is 7.01. The monoisotopic (exact) mass is 406 g/mol. The molecule has 0 saturated carbocycles. The lowest BCUT2D eigenvalue weighted by molar-refractivity contribution is 0.0932. The van der Waals surface area contributed by atoms with Crippen molar-refractivity contribution in [3.63, 3.8) is 0 Å². The van der Waals surface area contributed by atoms with E-state index < -0.39 is 0 Å². The maximum atomic E-state index is 12.7. The van der Waals surface area contributed by atoms with E-state index >= 15 is 0 Å². The van der Waals surface area contributed by atoms with Crippen LogP contribution >= 0.6 is 24.0 Å². The Labute approximate surface area is 173 Å². The summed E-state index contributed by atoms with van der Waals surface area (Å²) >= 11 is 6.50. The summed E-state index contributed by atoms with van der Waals surface area (Å²) in [6.07, 6.45) is 4.96. The molecule has 1 atom stereocenters. The van der Waals surface area contributed by atoms with Crippen LogP contribution in [-0.4, -0.2) is 30.4 Å². The Kier molecular flexibility index (Phi) is 8.62. The second kappa shape index (κ2) is 10.7. The fourth-order valence-electron chi connectivity index (χ4n) is 3.70. The number of benzene rings is 2. The van der Waals surface area contributed by atoms with Crippen LogP contribution in [0.25, 0.3) is 0 Å². The number of amides is 1. The third-order valence-corrected chi connectivity index (χ3v) is 5.54. The molecule has 1 aliphatic rings. The Balaban J connectivity index is 0.00000261. The average Bonchev–Trinajstić information content (AvgIpc) is 2.93. The number of nitrogens with zero attached hydrogens (tertiary/aromatic N) is 1. The standard InChI is InChI=1S/C22H27ClN2O.ClH/c1-17-10-4-5-11-18(17)22(26)24-16-21(19-12-6-7-13-20(19)23)25-14-8-2-3-9-15-25;/h4-7,10-13,21H,2-3,8-9,14-16H2,1H3,(H,24,26);1H. The van der Waals surface area contributed by atoms with E-state index in [2.05, 4.69) is 16.3 Å². The molecule has 2 aromatic carbocycles. The van der Waals surface area contributed by atoms with Crippen molar-refractivity contribution in [3.05, 3.63) is 70.2 Å². The molecule has 1 aliphatic heterocycles. The molecule has 1 fully saturated rings. The number of halogens is 2. The number of carbonyl (C=O) groups is 1. The predicted molar refractivity (Wildman–Crippen MR) is 115 cm³/mol. The molecule has 0 bridgehead atoms. The zero-order valence-electron chi connectivity index (χ0n) is 15.8. The van der Waals surface area contributed by atoms with Crippen LogP contribution in [0.1, 0.15) is 53.2 Å². The Morgan fingerprint density at radius 1 is 1.04 bits per heavy atom. The summed E-state index contributed by atoms with van der Waals surface area (Å²) < 4.78 is 0. The molecule has 1 heterocycles. The molecule has 0 spiro atoms. The van der Waals surface area contributed by atoms with E-state index in [1.807, 2.05) is 49.4 Å². The number of rotatable bonds is 5. The highest BCUT2D eigenvalue weighted by molar-refractivity contribution is 6.31. The number of nitrogens with one attached hydrogen (secondary N) is 1. The maximum absolute atomic E-state index is 12.7. The third-order valence-electron chi connectivity index (χ3n) is 5.19. The zero-order valence-corrected chi connectivity index (χ0v) is 17.4. The van der Waals surface area contributed by atoms with Crippen molar-refractivity contribution in [2.45, 2.75) is 38.6 Å². The predicted octanol–water partition coefficient (Wildman–Crippen LogP) is 5.42. The lowest BCUT2D eigenvalue weighted by Crippen LogP contribution is -2.39.